The molecule has 1 saturated heterocycles. The largest absolute Gasteiger partial charge is 0.496 e. The van der Waals surface area contributed by atoms with Crippen molar-refractivity contribution in [2.45, 2.75) is 31.8 Å². The van der Waals surface area contributed by atoms with Crippen LogP contribution in [0.15, 0.2) is 29.3 Å². The first kappa shape index (κ1) is 20.0. The Balaban J connectivity index is 0.00000264. The number of hydrogen-bond acceptors (Lipinski definition) is 3. The molecule has 1 fully saturated rings. The molecule has 0 spiro atoms. The maximum absolute atomic E-state index is 5.61. The van der Waals surface area contributed by atoms with E-state index in [9.17, 15) is 0 Å². The van der Waals surface area contributed by atoms with Crippen LogP contribution in [0.5, 0.6) is 5.75 Å². The summed E-state index contributed by atoms with van der Waals surface area (Å²) < 4.78 is 11.0. The molecule has 5 nitrogen and oxygen atoms in total. The Morgan fingerprint density at radius 2 is 2.17 bits per heavy atom. The van der Waals surface area contributed by atoms with Crippen molar-refractivity contribution >= 4 is 29.9 Å². The molecule has 0 aromatic heterocycles. The predicted molar refractivity (Wildman–Crippen MR) is 105 cm³/mol. The summed E-state index contributed by atoms with van der Waals surface area (Å²) in [5, 5.41) is 6.70. The van der Waals surface area contributed by atoms with Gasteiger partial charge in [-0.05, 0) is 24.5 Å². The fraction of sp³-hybridized carbons (Fsp3) is 0.588. The van der Waals surface area contributed by atoms with Crippen LogP contribution in [0.3, 0.4) is 0 Å². The summed E-state index contributed by atoms with van der Waals surface area (Å²) in [5.41, 5.74) is 1.20. The lowest BCUT2D eigenvalue weighted by Gasteiger charge is -2.19. The Hall–Kier alpha value is -1.02. The lowest BCUT2D eigenvalue weighted by Crippen LogP contribution is -2.42. The molecule has 23 heavy (non-hydrogen) atoms. The third kappa shape index (κ3) is 6.18. The average Bonchev–Trinajstić information content (AvgIpc) is 3.08. The van der Waals surface area contributed by atoms with E-state index in [0.29, 0.717) is 12.0 Å². The summed E-state index contributed by atoms with van der Waals surface area (Å²) in [7, 11) is 3.50. The Labute approximate surface area is 156 Å². The molecule has 2 atom stereocenters. The van der Waals surface area contributed by atoms with Crippen molar-refractivity contribution in [3.63, 3.8) is 0 Å². The molecule has 1 heterocycles. The van der Waals surface area contributed by atoms with Gasteiger partial charge >= 0.3 is 0 Å². The summed E-state index contributed by atoms with van der Waals surface area (Å²) in [5.74, 6) is 2.08. The minimum absolute atomic E-state index is 0. The van der Waals surface area contributed by atoms with Crippen LogP contribution in [0, 0.1) is 0 Å². The van der Waals surface area contributed by atoms with Crippen molar-refractivity contribution in [1.29, 1.82) is 0 Å². The Bertz CT molecular complexity index is 490. The molecule has 2 N–H and O–H groups in total. The first-order chi connectivity index (χ1) is 10.7. The summed E-state index contributed by atoms with van der Waals surface area (Å²) >= 11 is 0. The van der Waals surface area contributed by atoms with Crippen LogP contribution in [-0.2, 0) is 4.74 Å². The smallest absolute Gasteiger partial charge is 0.191 e. The molecule has 1 aromatic rings. The summed E-state index contributed by atoms with van der Waals surface area (Å²) in [4.78, 5) is 4.26. The molecule has 130 valence electrons. The minimum atomic E-state index is 0. The van der Waals surface area contributed by atoms with Gasteiger partial charge in [-0.3, -0.25) is 4.99 Å². The van der Waals surface area contributed by atoms with E-state index < -0.39 is 0 Å². The molecular formula is C17H28IN3O2. The number of aliphatic imine (C=N–C) groups is 1. The molecule has 0 aliphatic carbocycles. The molecule has 0 amide bonds. The zero-order valence-electron chi connectivity index (χ0n) is 14.2. The van der Waals surface area contributed by atoms with E-state index in [1.165, 1.54) is 5.56 Å². The molecule has 1 aliphatic rings. The number of benzene rings is 1. The number of para-hydroxylation sites is 1. The molecule has 0 saturated carbocycles. The van der Waals surface area contributed by atoms with Gasteiger partial charge in [0.05, 0.1) is 13.2 Å². The standard InChI is InChI=1S/C17H27N3O2.HI/c1-13(15-8-4-5-9-16(15)21-3)11-19-17(18-2)20-12-14-7-6-10-22-14;/h4-5,8-9,13-14H,6-7,10-12H2,1-3H3,(H2,18,19,20);1H. The van der Waals surface area contributed by atoms with Crippen LogP contribution in [0.2, 0.25) is 0 Å². The number of hydrogen-bond donors (Lipinski definition) is 2. The van der Waals surface area contributed by atoms with E-state index >= 15 is 0 Å². The molecule has 1 aliphatic heterocycles. The molecular weight excluding hydrogens is 405 g/mol. The van der Waals surface area contributed by atoms with E-state index in [-0.39, 0.29) is 24.0 Å². The van der Waals surface area contributed by atoms with E-state index in [2.05, 4.69) is 28.6 Å². The van der Waals surface area contributed by atoms with Crippen LogP contribution in [0.25, 0.3) is 0 Å². The van der Waals surface area contributed by atoms with Gasteiger partial charge in [0.1, 0.15) is 5.75 Å². The molecule has 6 heteroatoms. The lowest BCUT2D eigenvalue weighted by atomic mass is 10.0. The van der Waals surface area contributed by atoms with E-state index in [1.807, 2.05) is 18.2 Å². The first-order valence-electron chi connectivity index (χ1n) is 7.93. The van der Waals surface area contributed by atoms with Crippen molar-refractivity contribution in [1.82, 2.24) is 10.6 Å². The Morgan fingerprint density at radius 3 is 2.83 bits per heavy atom. The zero-order valence-corrected chi connectivity index (χ0v) is 16.5. The minimum Gasteiger partial charge on any atom is -0.496 e. The number of rotatable bonds is 6. The van der Waals surface area contributed by atoms with Crippen molar-refractivity contribution in [3.8, 4) is 5.75 Å². The number of methoxy groups -OCH3 is 1. The normalized spacial score (nSPS) is 18.9. The molecule has 0 radical (unpaired) electrons. The maximum Gasteiger partial charge on any atom is 0.191 e. The van der Waals surface area contributed by atoms with Gasteiger partial charge in [-0.25, -0.2) is 0 Å². The summed E-state index contributed by atoms with van der Waals surface area (Å²) in [6.45, 7) is 4.66. The van der Waals surface area contributed by atoms with Gasteiger partial charge in [0.2, 0.25) is 0 Å². The van der Waals surface area contributed by atoms with Crippen LogP contribution >= 0.6 is 24.0 Å². The summed E-state index contributed by atoms with van der Waals surface area (Å²) in [6.07, 6.45) is 2.59. The topological polar surface area (TPSA) is 54.9 Å². The number of halogens is 1. The van der Waals surface area contributed by atoms with Crippen LogP contribution in [0.4, 0.5) is 0 Å². The van der Waals surface area contributed by atoms with E-state index in [0.717, 1.165) is 44.2 Å². The second-order valence-corrected chi connectivity index (χ2v) is 5.61. The molecule has 0 bridgehead atoms. The van der Waals surface area contributed by atoms with E-state index in [4.69, 9.17) is 9.47 Å². The highest BCUT2D eigenvalue weighted by Gasteiger charge is 2.16. The van der Waals surface area contributed by atoms with Gasteiger partial charge in [0.15, 0.2) is 5.96 Å². The molecule has 2 unspecified atom stereocenters. The Morgan fingerprint density at radius 1 is 1.39 bits per heavy atom. The SMILES string of the molecule is CN=C(NCC1CCCO1)NCC(C)c1ccccc1OC.I. The second-order valence-electron chi connectivity index (χ2n) is 5.61. The fourth-order valence-corrected chi connectivity index (χ4v) is 2.67. The second kappa shape index (κ2) is 10.7. The first-order valence-corrected chi connectivity index (χ1v) is 7.93. The monoisotopic (exact) mass is 433 g/mol. The maximum atomic E-state index is 5.61. The fourth-order valence-electron chi connectivity index (χ4n) is 2.67. The number of nitrogens with one attached hydrogen (secondary N) is 2. The van der Waals surface area contributed by atoms with E-state index in [1.54, 1.807) is 14.2 Å². The molecule has 2 rings (SSSR count). The summed E-state index contributed by atoms with van der Waals surface area (Å²) in [6, 6.07) is 8.13. The average molecular weight is 433 g/mol. The third-order valence-corrected chi connectivity index (χ3v) is 3.99. The van der Waals surface area contributed by atoms with Crippen molar-refractivity contribution in [2.75, 3.05) is 33.9 Å². The van der Waals surface area contributed by atoms with Crippen LogP contribution in [0.1, 0.15) is 31.2 Å². The number of ether oxygens (including phenoxy) is 2. The quantitative estimate of drug-likeness (QED) is 0.412. The molecule has 1 aromatic carbocycles. The van der Waals surface area contributed by atoms with Gasteiger partial charge < -0.3 is 20.1 Å². The number of nitrogens with zero attached hydrogens (tertiary/aromatic N) is 1. The van der Waals surface area contributed by atoms with Crippen LogP contribution in [-0.4, -0.2) is 45.9 Å². The van der Waals surface area contributed by atoms with Gasteiger partial charge in [0, 0.05) is 32.7 Å². The lowest BCUT2D eigenvalue weighted by molar-refractivity contribution is 0.114. The van der Waals surface area contributed by atoms with Crippen molar-refractivity contribution < 1.29 is 9.47 Å². The van der Waals surface area contributed by atoms with Crippen molar-refractivity contribution in [3.05, 3.63) is 29.8 Å². The van der Waals surface area contributed by atoms with Gasteiger partial charge in [-0.15, -0.1) is 24.0 Å². The van der Waals surface area contributed by atoms with Gasteiger partial charge in [0.25, 0.3) is 0 Å². The highest BCUT2D eigenvalue weighted by molar-refractivity contribution is 14.0. The van der Waals surface area contributed by atoms with Crippen molar-refractivity contribution in [2.24, 2.45) is 4.99 Å². The highest BCUT2D eigenvalue weighted by Crippen LogP contribution is 2.25. The Kier molecular flexibility index (Phi) is 9.31. The zero-order chi connectivity index (χ0) is 15.8. The number of guanidine groups is 1. The highest BCUT2D eigenvalue weighted by atomic mass is 127. The van der Waals surface area contributed by atoms with Gasteiger partial charge in [-0.1, -0.05) is 25.1 Å². The third-order valence-electron chi connectivity index (χ3n) is 3.99. The predicted octanol–water partition coefficient (Wildman–Crippen LogP) is 2.76. The van der Waals surface area contributed by atoms with Crippen LogP contribution < -0.4 is 15.4 Å². The van der Waals surface area contributed by atoms with Gasteiger partial charge in [-0.2, -0.15) is 0 Å².